The van der Waals surface area contributed by atoms with Crippen molar-refractivity contribution in [3.8, 4) is 0 Å². The summed E-state index contributed by atoms with van der Waals surface area (Å²) in [6.45, 7) is 14.4. The lowest BCUT2D eigenvalue weighted by Crippen LogP contribution is -2.47. The molecule has 1 aromatic carbocycles. The van der Waals surface area contributed by atoms with E-state index in [2.05, 4.69) is 47.6 Å². The Kier molecular flexibility index (Phi) is 9.07. The second kappa shape index (κ2) is 11.1. The van der Waals surface area contributed by atoms with Gasteiger partial charge in [0.05, 0.1) is 13.2 Å². The molecule has 0 saturated heterocycles. The van der Waals surface area contributed by atoms with Crippen molar-refractivity contribution in [2.24, 2.45) is 0 Å². The minimum Gasteiger partial charge on any atom is -0.479 e. The minimum atomic E-state index is -1.89. The van der Waals surface area contributed by atoms with Crippen molar-refractivity contribution >= 4 is 19.9 Å². The molecular formula is C25H38O4Si. The molecule has 4 nitrogen and oxygen atoms in total. The highest BCUT2D eigenvalue weighted by Crippen LogP contribution is 2.42. The van der Waals surface area contributed by atoms with Crippen LogP contribution in [0.4, 0.5) is 0 Å². The van der Waals surface area contributed by atoms with Crippen LogP contribution in [0.3, 0.4) is 0 Å². The number of aliphatic carboxylic acids is 1. The number of fused-ring (bicyclic) bond motifs is 1. The van der Waals surface area contributed by atoms with E-state index in [4.69, 9.17) is 9.16 Å². The van der Waals surface area contributed by atoms with Gasteiger partial charge in [-0.25, -0.2) is 4.79 Å². The largest absolute Gasteiger partial charge is 0.479 e. The number of carboxylic acid groups (broad SMARTS) is 1. The van der Waals surface area contributed by atoms with Gasteiger partial charge in [-0.2, -0.15) is 0 Å². The Balaban J connectivity index is 1.98. The lowest BCUT2D eigenvalue weighted by atomic mass is 9.88. The number of rotatable bonds is 11. The van der Waals surface area contributed by atoms with Gasteiger partial charge in [-0.1, -0.05) is 84.0 Å². The van der Waals surface area contributed by atoms with Crippen LogP contribution in [-0.4, -0.2) is 38.7 Å². The van der Waals surface area contributed by atoms with Crippen LogP contribution in [-0.2, 0) is 20.4 Å². The van der Waals surface area contributed by atoms with Gasteiger partial charge in [-0.05, 0) is 46.2 Å². The highest BCUT2D eigenvalue weighted by atomic mass is 28.4. The lowest BCUT2D eigenvalue weighted by molar-refractivity contribution is -0.145. The van der Waals surface area contributed by atoms with E-state index in [-0.39, 0.29) is 6.61 Å². The summed E-state index contributed by atoms with van der Waals surface area (Å²) >= 11 is 0. The highest BCUT2D eigenvalue weighted by molar-refractivity contribution is 6.77. The third-order valence-corrected chi connectivity index (χ3v) is 12.4. The third kappa shape index (κ3) is 5.51. The van der Waals surface area contributed by atoms with Crippen LogP contribution in [0.1, 0.15) is 59.1 Å². The summed E-state index contributed by atoms with van der Waals surface area (Å²) < 4.78 is 12.3. The molecule has 0 radical (unpaired) electrons. The maximum absolute atomic E-state index is 11.9. The number of benzene rings is 1. The Morgan fingerprint density at radius 1 is 1.03 bits per heavy atom. The van der Waals surface area contributed by atoms with Crippen molar-refractivity contribution in [1.82, 2.24) is 0 Å². The quantitative estimate of drug-likeness (QED) is 0.334. The number of ether oxygens (including phenoxy) is 1. The predicted molar refractivity (Wildman–Crippen MR) is 126 cm³/mol. The van der Waals surface area contributed by atoms with E-state index in [0.717, 1.165) is 24.0 Å². The number of hydrogen-bond acceptors (Lipinski definition) is 3. The van der Waals surface area contributed by atoms with E-state index in [0.29, 0.717) is 23.2 Å². The van der Waals surface area contributed by atoms with Gasteiger partial charge in [0.2, 0.25) is 8.32 Å². The van der Waals surface area contributed by atoms with Crippen LogP contribution in [0.15, 0.2) is 42.5 Å². The van der Waals surface area contributed by atoms with Gasteiger partial charge in [0, 0.05) is 0 Å². The highest BCUT2D eigenvalue weighted by Gasteiger charge is 2.44. The van der Waals surface area contributed by atoms with Crippen LogP contribution in [0.2, 0.25) is 16.6 Å². The van der Waals surface area contributed by atoms with Crippen LogP contribution in [0.25, 0.3) is 5.57 Å². The fourth-order valence-corrected chi connectivity index (χ4v) is 10.4. The maximum Gasteiger partial charge on any atom is 0.337 e. The van der Waals surface area contributed by atoms with Crippen LogP contribution >= 0.6 is 0 Å². The average Bonchev–Trinajstić information content (AvgIpc) is 2.69. The van der Waals surface area contributed by atoms with E-state index < -0.39 is 20.4 Å². The van der Waals surface area contributed by atoms with E-state index in [1.54, 1.807) is 0 Å². The van der Waals surface area contributed by atoms with E-state index in [1.165, 1.54) is 5.56 Å². The molecule has 1 N–H and O–H groups in total. The van der Waals surface area contributed by atoms with Gasteiger partial charge in [-0.3, -0.25) is 0 Å². The summed E-state index contributed by atoms with van der Waals surface area (Å²) in [5.74, 6) is -0.951. The van der Waals surface area contributed by atoms with Crippen molar-refractivity contribution in [1.29, 1.82) is 0 Å². The molecule has 166 valence electrons. The van der Waals surface area contributed by atoms with Crippen LogP contribution in [0, 0.1) is 0 Å². The zero-order valence-electron chi connectivity index (χ0n) is 19.4. The van der Waals surface area contributed by atoms with Crippen molar-refractivity contribution < 1.29 is 19.1 Å². The third-order valence-electron chi connectivity index (χ3n) is 6.28. The number of carbonyl (C=O) groups is 1. The Labute approximate surface area is 183 Å². The molecule has 0 bridgehead atoms. The zero-order chi connectivity index (χ0) is 22.3. The number of aryl methyl sites for hydroxylation is 1. The molecule has 0 fully saturated rings. The number of carboxylic acids is 1. The van der Waals surface area contributed by atoms with Crippen molar-refractivity contribution in [2.75, 3.05) is 13.2 Å². The van der Waals surface area contributed by atoms with Gasteiger partial charge < -0.3 is 14.3 Å². The number of hydrogen-bond donors (Lipinski definition) is 1. The molecule has 1 aromatic rings. The predicted octanol–water partition coefficient (Wildman–Crippen LogP) is 6.23. The summed E-state index contributed by atoms with van der Waals surface area (Å²) in [6.07, 6.45) is 6.68. The molecule has 0 aromatic heterocycles. The lowest BCUT2D eigenvalue weighted by Gasteiger charge is -2.41. The first-order chi connectivity index (χ1) is 14.2. The molecule has 0 aliphatic heterocycles. The first-order valence-electron chi connectivity index (χ1n) is 11.1. The Hall–Kier alpha value is -1.69. The van der Waals surface area contributed by atoms with Crippen LogP contribution < -0.4 is 0 Å². The Bertz CT molecular complexity index is 742. The second-order valence-corrected chi connectivity index (χ2v) is 14.5. The van der Waals surface area contributed by atoms with Gasteiger partial charge in [0.15, 0.2) is 6.10 Å². The van der Waals surface area contributed by atoms with Gasteiger partial charge in [0.25, 0.3) is 0 Å². The second-order valence-electron chi connectivity index (χ2n) is 9.01. The van der Waals surface area contributed by atoms with Crippen molar-refractivity contribution in [3.63, 3.8) is 0 Å². The Morgan fingerprint density at radius 3 is 2.23 bits per heavy atom. The molecular weight excluding hydrogens is 392 g/mol. The molecule has 0 spiro atoms. The maximum atomic E-state index is 11.9. The normalized spacial score (nSPS) is 15.7. The zero-order valence-corrected chi connectivity index (χ0v) is 20.4. The first-order valence-corrected chi connectivity index (χ1v) is 13.3. The molecule has 1 unspecified atom stereocenters. The molecule has 0 amide bonds. The Morgan fingerprint density at radius 2 is 1.63 bits per heavy atom. The summed E-state index contributed by atoms with van der Waals surface area (Å²) in [7, 11) is -1.89. The molecule has 1 atom stereocenters. The fraction of sp³-hybridized carbons (Fsp3) is 0.560. The van der Waals surface area contributed by atoms with Gasteiger partial charge in [-0.15, -0.1) is 0 Å². The minimum absolute atomic E-state index is 0.249. The summed E-state index contributed by atoms with van der Waals surface area (Å²) in [5, 5.41) is 9.73. The van der Waals surface area contributed by atoms with Crippen molar-refractivity contribution in [2.45, 2.75) is 77.1 Å². The van der Waals surface area contributed by atoms with Gasteiger partial charge in [0.1, 0.15) is 0 Å². The number of allylic oxidation sites excluding steroid dienone is 1. The molecule has 30 heavy (non-hydrogen) atoms. The topological polar surface area (TPSA) is 55.8 Å². The van der Waals surface area contributed by atoms with E-state index >= 15 is 0 Å². The molecule has 1 aliphatic carbocycles. The molecule has 5 heteroatoms. The molecule has 2 rings (SSSR count). The smallest absolute Gasteiger partial charge is 0.337 e. The van der Waals surface area contributed by atoms with Crippen LogP contribution in [0.5, 0.6) is 0 Å². The standard InChI is InChI=1S/C25H38O4Si/c1-18(2)30(19(3)4,20(5)6)29-17-10-9-16-28-24(25(26)27)23-15-11-13-21-12-7-8-14-22(21)23/h7-10,12,14-15,18-20,24H,11,13,16-17H2,1-6H3,(H,26,27)/b10-9-. The van der Waals surface area contributed by atoms with Crippen molar-refractivity contribution in [3.05, 3.63) is 53.6 Å². The van der Waals surface area contributed by atoms with E-state index in [9.17, 15) is 9.90 Å². The summed E-state index contributed by atoms with van der Waals surface area (Å²) in [5.41, 5.74) is 4.56. The van der Waals surface area contributed by atoms with E-state index in [1.807, 2.05) is 36.4 Å². The SMILES string of the molecule is CC(C)[Si](OC/C=C\COC(C(=O)O)C1=CCCc2ccccc21)(C(C)C)C(C)C. The summed E-state index contributed by atoms with van der Waals surface area (Å²) in [6, 6.07) is 7.99. The summed E-state index contributed by atoms with van der Waals surface area (Å²) in [4.78, 5) is 11.9. The fourth-order valence-electron chi connectivity index (χ4n) is 5.04. The molecule has 0 heterocycles. The molecule has 0 saturated carbocycles. The average molecular weight is 431 g/mol. The molecule has 1 aliphatic rings. The first kappa shape index (κ1) is 24.6. The van der Waals surface area contributed by atoms with Gasteiger partial charge >= 0.3 is 5.97 Å². The monoisotopic (exact) mass is 430 g/mol.